The molecule has 5 heteroatoms. The minimum absolute atomic E-state index is 0.0924. The molecule has 0 unspecified atom stereocenters. The van der Waals surface area contributed by atoms with E-state index in [4.69, 9.17) is 4.74 Å². The molecular formula is C27H25NO4. The fourth-order valence-electron chi connectivity index (χ4n) is 3.51. The van der Waals surface area contributed by atoms with E-state index in [1.54, 1.807) is 24.3 Å². The van der Waals surface area contributed by atoms with Crippen molar-refractivity contribution in [3.8, 4) is 28.7 Å². The Hall–Kier alpha value is -4.12. The smallest absolute Gasteiger partial charge is 0.169 e. The van der Waals surface area contributed by atoms with Crippen molar-refractivity contribution in [1.82, 2.24) is 0 Å². The zero-order valence-electron chi connectivity index (χ0n) is 18.2. The van der Waals surface area contributed by atoms with E-state index in [0.29, 0.717) is 11.5 Å². The van der Waals surface area contributed by atoms with Gasteiger partial charge in [0.15, 0.2) is 11.5 Å². The van der Waals surface area contributed by atoms with Crippen molar-refractivity contribution in [1.29, 1.82) is 0 Å². The SMILES string of the molecule is Cc1ccc(Oc2ccc(N(c3ccc(O)c(C)c3)c3ccc(O)c(C)c3)cc2)c(O)c1. The molecule has 0 amide bonds. The van der Waals surface area contributed by atoms with E-state index in [1.165, 1.54) is 0 Å². The van der Waals surface area contributed by atoms with E-state index in [2.05, 4.69) is 0 Å². The molecule has 32 heavy (non-hydrogen) atoms. The summed E-state index contributed by atoms with van der Waals surface area (Å²) in [6.07, 6.45) is 0. The molecule has 4 rings (SSSR count). The van der Waals surface area contributed by atoms with E-state index in [9.17, 15) is 15.3 Å². The Morgan fingerprint density at radius 2 is 1.09 bits per heavy atom. The number of ether oxygens (including phenoxy) is 1. The van der Waals surface area contributed by atoms with Gasteiger partial charge in [0.2, 0.25) is 0 Å². The summed E-state index contributed by atoms with van der Waals surface area (Å²) in [5, 5.41) is 30.1. The van der Waals surface area contributed by atoms with Gasteiger partial charge >= 0.3 is 0 Å². The molecule has 0 aromatic heterocycles. The second kappa shape index (κ2) is 8.55. The summed E-state index contributed by atoms with van der Waals surface area (Å²) in [6, 6.07) is 23.6. The third-order valence-corrected chi connectivity index (χ3v) is 5.31. The van der Waals surface area contributed by atoms with Gasteiger partial charge in [-0.1, -0.05) is 6.07 Å². The number of phenolic OH excluding ortho intramolecular Hbond substituents is 3. The topological polar surface area (TPSA) is 73.2 Å². The van der Waals surface area contributed by atoms with Crippen LogP contribution in [-0.4, -0.2) is 15.3 Å². The van der Waals surface area contributed by atoms with Crippen LogP contribution in [0, 0.1) is 20.8 Å². The Morgan fingerprint density at radius 1 is 0.562 bits per heavy atom. The second-order valence-electron chi connectivity index (χ2n) is 7.84. The van der Waals surface area contributed by atoms with Crippen LogP contribution in [0.25, 0.3) is 0 Å². The molecule has 3 N–H and O–H groups in total. The quantitative estimate of drug-likeness (QED) is 0.320. The summed E-state index contributed by atoms with van der Waals surface area (Å²) >= 11 is 0. The lowest BCUT2D eigenvalue weighted by Crippen LogP contribution is -2.10. The molecule has 0 aliphatic rings. The highest BCUT2D eigenvalue weighted by Crippen LogP contribution is 2.39. The number of hydrogen-bond donors (Lipinski definition) is 3. The predicted octanol–water partition coefficient (Wildman–Crippen LogP) is 6.99. The Bertz CT molecular complexity index is 1210. The molecule has 0 aliphatic heterocycles. The van der Waals surface area contributed by atoms with Gasteiger partial charge in [-0.25, -0.2) is 0 Å². The molecular weight excluding hydrogens is 402 g/mol. The van der Waals surface area contributed by atoms with Crippen molar-refractivity contribution in [2.45, 2.75) is 20.8 Å². The Labute approximate surface area is 187 Å². The monoisotopic (exact) mass is 427 g/mol. The third kappa shape index (κ3) is 4.32. The number of phenols is 3. The minimum Gasteiger partial charge on any atom is -0.508 e. The fraction of sp³-hybridized carbons (Fsp3) is 0.111. The molecule has 0 saturated heterocycles. The maximum atomic E-state index is 10.1. The maximum Gasteiger partial charge on any atom is 0.169 e. The summed E-state index contributed by atoms with van der Waals surface area (Å²) in [5.74, 6) is 1.55. The number of aromatic hydroxyl groups is 3. The normalized spacial score (nSPS) is 10.7. The Balaban J connectivity index is 1.72. The molecule has 0 saturated carbocycles. The lowest BCUT2D eigenvalue weighted by Gasteiger charge is -2.26. The molecule has 5 nitrogen and oxygen atoms in total. The Morgan fingerprint density at radius 3 is 1.59 bits per heavy atom. The summed E-state index contributed by atoms with van der Waals surface area (Å²) in [7, 11) is 0. The average molecular weight is 428 g/mol. The van der Waals surface area contributed by atoms with Gasteiger partial charge in [-0.3, -0.25) is 0 Å². The van der Waals surface area contributed by atoms with Crippen molar-refractivity contribution < 1.29 is 20.1 Å². The average Bonchev–Trinajstić information content (AvgIpc) is 2.76. The molecule has 4 aromatic rings. The van der Waals surface area contributed by atoms with Crippen LogP contribution >= 0.6 is 0 Å². The number of nitrogens with zero attached hydrogens (tertiary/aromatic N) is 1. The fourth-order valence-corrected chi connectivity index (χ4v) is 3.51. The number of hydrogen-bond acceptors (Lipinski definition) is 5. The van der Waals surface area contributed by atoms with Crippen molar-refractivity contribution >= 4 is 17.1 Å². The van der Waals surface area contributed by atoms with Gasteiger partial charge in [-0.2, -0.15) is 0 Å². The number of aryl methyl sites for hydroxylation is 3. The van der Waals surface area contributed by atoms with Gasteiger partial charge in [0.1, 0.15) is 17.2 Å². The lowest BCUT2D eigenvalue weighted by atomic mass is 10.1. The van der Waals surface area contributed by atoms with Crippen LogP contribution in [0.3, 0.4) is 0 Å². The molecule has 162 valence electrons. The molecule has 0 heterocycles. The maximum absolute atomic E-state index is 10.1. The van der Waals surface area contributed by atoms with Gasteiger partial charge in [-0.05, 0) is 110 Å². The number of benzene rings is 4. The van der Waals surface area contributed by atoms with E-state index < -0.39 is 0 Å². The van der Waals surface area contributed by atoms with Crippen molar-refractivity contribution in [3.63, 3.8) is 0 Å². The first-order valence-corrected chi connectivity index (χ1v) is 10.3. The molecule has 4 aromatic carbocycles. The summed E-state index contributed by atoms with van der Waals surface area (Å²) < 4.78 is 5.85. The first-order valence-electron chi connectivity index (χ1n) is 10.3. The van der Waals surface area contributed by atoms with Gasteiger partial charge in [0.25, 0.3) is 0 Å². The first kappa shape index (κ1) is 21.1. The van der Waals surface area contributed by atoms with E-state index in [-0.39, 0.29) is 17.2 Å². The standard InChI is InChI=1S/C27H25NO4/c1-17-4-13-27(26(31)14-17)32-23-9-5-20(6-10-23)28(21-7-11-24(29)18(2)15-21)22-8-12-25(30)19(3)16-22/h4-16,29-31H,1-3H3. The second-order valence-corrected chi connectivity index (χ2v) is 7.84. The van der Waals surface area contributed by atoms with E-state index >= 15 is 0 Å². The van der Waals surface area contributed by atoms with Crippen LogP contribution in [0.5, 0.6) is 28.7 Å². The molecule has 0 atom stereocenters. The first-order chi connectivity index (χ1) is 15.3. The van der Waals surface area contributed by atoms with Gasteiger partial charge in [0.05, 0.1) is 0 Å². The van der Waals surface area contributed by atoms with Crippen LogP contribution in [0.1, 0.15) is 16.7 Å². The highest BCUT2D eigenvalue weighted by Gasteiger charge is 2.15. The summed E-state index contributed by atoms with van der Waals surface area (Å²) in [4.78, 5) is 2.03. The summed E-state index contributed by atoms with van der Waals surface area (Å²) in [5.41, 5.74) is 5.09. The van der Waals surface area contributed by atoms with Crippen molar-refractivity contribution in [3.05, 3.63) is 95.6 Å². The van der Waals surface area contributed by atoms with Crippen LogP contribution in [0.2, 0.25) is 0 Å². The molecule has 0 bridgehead atoms. The van der Waals surface area contributed by atoms with Crippen molar-refractivity contribution in [2.75, 3.05) is 4.90 Å². The largest absolute Gasteiger partial charge is 0.508 e. The van der Waals surface area contributed by atoms with Gasteiger partial charge in [0, 0.05) is 17.1 Å². The zero-order valence-corrected chi connectivity index (χ0v) is 18.2. The van der Waals surface area contributed by atoms with Crippen LogP contribution in [-0.2, 0) is 0 Å². The molecule has 0 radical (unpaired) electrons. The minimum atomic E-state index is 0.0924. The molecule has 0 aliphatic carbocycles. The highest BCUT2D eigenvalue weighted by atomic mass is 16.5. The summed E-state index contributed by atoms with van der Waals surface area (Å²) in [6.45, 7) is 5.61. The molecule has 0 fully saturated rings. The molecule has 0 spiro atoms. The van der Waals surface area contributed by atoms with Gasteiger partial charge < -0.3 is 25.0 Å². The lowest BCUT2D eigenvalue weighted by molar-refractivity contribution is 0.411. The van der Waals surface area contributed by atoms with Crippen molar-refractivity contribution in [2.24, 2.45) is 0 Å². The number of anilines is 3. The predicted molar refractivity (Wildman–Crippen MR) is 127 cm³/mol. The van der Waals surface area contributed by atoms with Crippen LogP contribution < -0.4 is 9.64 Å². The Kier molecular flexibility index (Phi) is 5.65. The third-order valence-electron chi connectivity index (χ3n) is 5.31. The van der Waals surface area contributed by atoms with Crippen LogP contribution in [0.15, 0.2) is 78.9 Å². The highest BCUT2D eigenvalue weighted by molar-refractivity contribution is 5.78. The van der Waals surface area contributed by atoms with E-state index in [0.717, 1.165) is 33.8 Å². The van der Waals surface area contributed by atoms with E-state index in [1.807, 2.05) is 80.3 Å². The van der Waals surface area contributed by atoms with Crippen LogP contribution in [0.4, 0.5) is 17.1 Å². The zero-order chi connectivity index (χ0) is 22.8. The van der Waals surface area contributed by atoms with Gasteiger partial charge in [-0.15, -0.1) is 0 Å². The number of rotatable bonds is 5.